The number of amides is 1. The SMILES string of the molecule is CN=C(C1=C(N)C(C)N(C(=O)c2cc(F)cc(N3CCS(=O)(=O)CC3)c2Cl)CC1)c1cc(F)cc(F)c1. The Morgan fingerprint density at radius 2 is 1.62 bits per heavy atom. The van der Waals surface area contributed by atoms with Crippen molar-refractivity contribution in [3.63, 3.8) is 0 Å². The number of benzene rings is 2. The molecule has 0 bridgehead atoms. The Bertz CT molecular complexity index is 1390. The fourth-order valence-electron chi connectivity index (χ4n) is 4.72. The second-order valence-corrected chi connectivity index (χ2v) is 11.7. The van der Waals surface area contributed by atoms with Gasteiger partial charge in [0.15, 0.2) is 9.84 Å². The Morgan fingerprint density at radius 3 is 2.22 bits per heavy atom. The van der Waals surface area contributed by atoms with E-state index in [4.69, 9.17) is 17.3 Å². The van der Waals surface area contributed by atoms with Crippen LogP contribution in [0.5, 0.6) is 0 Å². The molecule has 37 heavy (non-hydrogen) atoms. The van der Waals surface area contributed by atoms with E-state index in [0.29, 0.717) is 17.0 Å². The lowest BCUT2D eigenvalue weighted by Crippen LogP contribution is -2.46. The molecule has 1 saturated heterocycles. The molecule has 2 aliphatic heterocycles. The number of sulfone groups is 1. The van der Waals surface area contributed by atoms with E-state index in [1.165, 1.54) is 18.0 Å². The minimum Gasteiger partial charge on any atom is -0.400 e. The van der Waals surface area contributed by atoms with E-state index in [9.17, 15) is 26.4 Å². The molecule has 7 nitrogen and oxygen atoms in total. The monoisotopic (exact) mass is 554 g/mol. The van der Waals surface area contributed by atoms with Crippen molar-refractivity contribution in [2.75, 3.05) is 43.1 Å². The Kier molecular flexibility index (Phi) is 7.57. The Morgan fingerprint density at radius 1 is 1.03 bits per heavy atom. The van der Waals surface area contributed by atoms with Crippen molar-refractivity contribution >= 4 is 38.7 Å². The van der Waals surface area contributed by atoms with Crippen LogP contribution in [0.2, 0.25) is 5.02 Å². The van der Waals surface area contributed by atoms with Crippen LogP contribution in [-0.2, 0) is 9.84 Å². The topological polar surface area (TPSA) is 96.1 Å². The summed E-state index contributed by atoms with van der Waals surface area (Å²) in [5.41, 5.74) is 7.99. The summed E-state index contributed by atoms with van der Waals surface area (Å²) in [7, 11) is -1.68. The van der Waals surface area contributed by atoms with Gasteiger partial charge in [0.05, 0.1) is 39.5 Å². The summed E-state index contributed by atoms with van der Waals surface area (Å²) in [4.78, 5) is 20.8. The fraction of sp³-hybridized carbons (Fsp3) is 0.360. The highest BCUT2D eigenvalue weighted by atomic mass is 35.5. The van der Waals surface area contributed by atoms with Gasteiger partial charge < -0.3 is 15.5 Å². The van der Waals surface area contributed by atoms with E-state index in [1.807, 2.05) is 0 Å². The number of carbonyl (C=O) groups excluding carboxylic acids is 1. The first-order valence-corrected chi connectivity index (χ1v) is 13.8. The number of carbonyl (C=O) groups is 1. The van der Waals surface area contributed by atoms with Crippen LogP contribution in [0.25, 0.3) is 0 Å². The van der Waals surface area contributed by atoms with Gasteiger partial charge in [0.25, 0.3) is 5.91 Å². The van der Waals surface area contributed by atoms with Crippen molar-refractivity contribution in [2.45, 2.75) is 19.4 Å². The summed E-state index contributed by atoms with van der Waals surface area (Å²) >= 11 is 6.56. The molecule has 2 aliphatic rings. The summed E-state index contributed by atoms with van der Waals surface area (Å²) in [6, 6.07) is 4.67. The van der Waals surface area contributed by atoms with Gasteiger partial charge in [-0.15, -0.1) is 0 Å². The maximum atomic E-state index is 14.6. The molecule has 4 rings (SSSR count). The predicted molar refractivity (Wildman–Crippen MR) is 137 cm³/mol. The highest BCUT2D eigenvalue weighted by molar-refractivity contribution is 7.91. The normalized spacial score (nSPS) is 20.4. The van der Waals surface area contributed by atoms with Crippen molar-refractivity contribution in [2.24, 2.45) is 10.7 Å². The average molecular weight is 555 g/mol. The lowest BCUT2D eigenvalue weighted by Gasteiger charge is -2.36. The number of hydrogen-bond donors (Lipinski definition) is 1. The standard InChI is InChI=1S/C25H26ClF3N4O3S/c1-14-23(30)19(24(31-2)15-9-16(27)11-17(28)10-15)3-4-33(14)25(34)20-12-18(29)13-21(22(20)26)32-5-7-37(35,36)8-6-32/h9-14H,3-8,30H2,1-2H3. The van der Waals surface area contributed by atoms with Gasteiger partial charge in [-0.25, -0.2) is 21.6 Å². The van der Waals surface area contributed by atoms with Gasteiger partial charge in [0.2, 0.25) is 0 Å². The van der Waals surface area contributed by atoms with Crippen molar-refractivity contribution in [3.05, 3.63) is 75.2 Å². The second kappa shape index (κ2) is 10.4. The van der Waals surface area contributed by atoms with Gasteiger partial charge in [-0.3, -0.25) is 9.79 Å². The molecule has 1 unspecified atom stereocenters. The van der Waals surface area contributed by atoms with Gasteiger partial charge in [-0.05, 0) is 37.6 Å². The lowest BCUT2D eigenvalue weighted by molar-refractivity contribution is 0.0706. The number of rotatable bonds is 4. The van der Waals surface area contributed by atoms with Crippen LogP contribution in [0.1, 0.15) is 29.3 Å². The molecule has 198 valence electrons. The van der Waals surface area contributed by atoms with Crippen LogP contribution in [0.15, 0.2) is 46.6 Å². The van der Waals surface area contributed by atoms with Gasteiger partial charge in [-0.1, -0.05) is 11.6 Å². The van der Waals surface area contributed by atoms with E-state index < -0.39 is 39.2 Å². The van der Waals surface area contributed by atoms with E-state index >= 15 is 0 Å². The molecule has 1 atom stereocenters. The first-order valence-electron chi connectivity index (χ1n) is 11.6. The maximum absolute atomic E-state index is 14.6. The van der Waals surface area contributed by atoms with E-state index in [-0.39, 0.29) is 59.4 Å². The number of hydrogen-bond acceptors (Lipinski definition) is 6. The first kappa shape index (κ1) is 27.0. The van der Waals surface area contributed by atoms with E-state index in [2.05, 4.69) is 4.99 Å². The van der Waals surface area contributed by atoms with Crippen LogP contribution in [0.3, 0.4) is 0 Å². The molecule has 1 amide bonds. The second-order valence-electron chi connectivity index (χ2n) is 9.01. The Hall–Kier alpha value is -3.05. The van der Waals surface area contributed by atoms with Crippen molar-refractivity contribution in [1.82, 2.24) is 4.90 Å². The summed E-state index contributed by atoms with van der Waals surface area (Å²) in [6.45, 7) is 2.14. The molecule has 0 aliphatic carbocycles. The molecule has 2 heterocycles. The molecule has 2 aromatic rings. The number of nitrogens with two attached hydrogens (primary N) is 1. The molecular weight excluding hydrogens is 529 g/mol. The van der Waals surface area contributed by atoms with Gasteiger partial charge >= 0.3 is 0 Å². The Balaban J connectivity index is 1.64. The third-order valence-electron chi connectivity index (χ3n) is 6.71. The van der Waals surface area contributed by atoms with Gasteiger partial charge in [0, 0.05) is 49.6 Å². The van der Waals surface area contributed by atoms with Crippen LogP contribution in [0.4, 0.5) is 18.9 Å². The molecule has 1 fully saturated rings. The van der Waals surface area contributed by atoms with Gasteiger partial charge in [-0.2, -0.15) is 0 Å². The summed E-state index contributed by atoms with van der Waals surface area (Å²) < 4.78 is 65.8. The zero-order valence-electron chi connectivity index (χ0n) is 20.3. The number of anilines is 1. The smallest absolute Gasteiger partial charge is 0.256 e. The zero-order chi connectivity index (χ0) is 27.1. The van der Waals surface area contributed by atoms with E-state index in [1.54, 1.807) is 11.8 Å². The minimum atomic E-state index is -3.17. The van der Waals surface area contributed by atoms with Crippen LogP contribution >= 0.6 is 11.6 Å². The summed E-state index contributed by atoms with van der Waals surface area (Å²) in [6.07, 6.45) is 0.247. The molecule has 0 aromatic heterocycles. The minimum absolute atomic E-state index is 0.0253. The highest BCUT2D eigenvalue weighted by Crippen LogP contribution is 2.34. The van der Waals surface area contributed by atoms with E-state index in [0.717, 1.165) is 24.3 Å². The average Bonchev–Trinajstić information content (AvgIpc) is 2.83. The quantitative estimate of drug-likeness (QED) is 0.583. The number of halogens is 4. The molecule has 12 heteroatoms. The summed E-state index contributed by atoms with van der Waals surface area (Å²) in [5.74, 6) is -2.91. The number of nitrogens with zero attached hydrogens (tertiary/aromatic N) is 3. The number of aliphatic imine (C=N–C) groups is 1. The van der Waals surface area contributed by atoms with Crippen molar-refractivity contribution in [3.8, 4) is 0 Å². The molecule has 0 radical (unpaired) electrons. The lowest BCUT2D eigenvalue weighted by atomic mass is 9.91. The largest absolute Gasteiger partial charge is 0.400 e. The van der Waals surface area contributed by atoms with Crippen LogP contribution in [0, 0.1) is 17.5 Å². The predicted octanol–water partition coefficient (Wildman–Crippen LogP) is 3.56. The molecule has 0 spiro atoms. The van der Waals surface area contributed by atoms with Crippen molar-refractivity contribution in [1.29, 1.82) is 0 Å². The summed E-state index contributed by atoms with van der Waals surface area (Å²) in [5, 5.41) is 0.0253. The zero-order valence-corrected chi connectivity index (χ0v) is 21.8. The highest BCUT2D eigenvalue weighted by Gasteiger charge is 2.33. The molecular formula is C25H26ClF3N4O3S. The molecule has 2 N–H and O–H groups in total. The third-order valence-corrected chi connectivity index (χ3v) is 8.72. The Labute approximate surface area is 218 Å². The third kappa shape index (κ3) is 5.47. The van der Waals surface area contributed by atoms with Crippen LogP contribution in [-0.4, -0.2) is 69.2 Å². The molecule has 0 saturated carbocycles. The first-order chi connectivity index (χ1) is 17.4. The van der Waals surface area contributed by atoms with Crippen molar-refractivity contribution < 1.29 is 26.4 Å². The van der Waals surface area contributed by atoms with Gasteiger partial charge in [0.1, 0.15) is 17.5 Å². The van der Waals surface area contributed by atoms with Crippen LogP contribution < -0.4 is 10.6 Å². The molecule has 2 aromatic carbocycles. The maximum Gasteiger partial charge on any atom is 0.256 e. The fourth-order valence-corrected chi connectivity index (χ4v) is 6.23.